The first-order valence-corrected chi connectivity index (χ1v) is 5.35. The number of β-lactam (4-membered cyclic amide) rings is 1. The molecule has 78 valence electrons. The Hall–Kier alpha value is -1.57. The van der Waals surface area contributed by atoms with Crippen molar-refractivity contribution in [2.45, 2.75) is 19.4 Å². The highest BCUT2D eigenvalue weighted by molar-refractivity contribution is 5.88. The minimum atomic E-state index is 0.0650. The summed E-state index contributed by atoms with van der Waals surface area (Å²) in [4.78, 5) is 11.3. The lowest BCUT2D eigenvalue weighted by atomic mass is 9.88. The number of hydrogen-bond acceptors (Lipinski definition) is 1. The molecule has 0 unspecified atom stereocenters. The van der Waals surface area contributed by atoms with Crippen LogP contribution in [0.3, 0.4) is 0 Å². The number of carbonyl (C=O) groups excluding carboxylic acids is 1. The van der Waals surface area contributed by atoms with Gasteiger partial charge in [-0.25, -0.2) is 0 Å². The first-order valence-electron chi connectivity index (χ1n) is 5.35. The van der Waals surface area contributed by atoms with Crippen LogP contribution in [0.5, 0.6) is 0 Å². The van der Waals surface area contributed by atoms with Crippen LogP contribution in [-0.2, 0) is 4.79 Å². The van der Waals surface area contributed by atoms with Crippen molar-refractivity contribution in [2.75, 3.05) is 0 Å². The predicted octanol–water partition coefficient (Wildman–Crippen LogP) is 2.22. The molecule has 2 nitrogen and oxygen atoms in total. The Bertz CT molecular complexity index is 369. The van der Waals surface area contributed by atoms with E-state index in [2.05, 4.69) is 12.2 Å². The molecule has 2 heteroatoms. The average molecular weight is 201 g/mol. The van der Waals surface area contributed by atoms with E-state index in [0.717, 1.165) is 12.0 Å². The van der Waals surface area contributed by atoms with E-state index in [4.69, 9.17) is 0 Å². The van der Waals surface area contributed by atoms with Crippen LogP contribution in [0.15, 0.2) is 36.4 Å². The highest BCUT2D eigenvalue weighted by Gasteiger charge is 2.35. The van der Waals surface area contributed by atoms with Gasteiger partial charge in [-0.05, 0) is 12.0 Å². The summed E-state index contributed by atoms with van der Waals surface area (Å²) in [5.41, 5.74) is 1.15. The quantitative estimate of drug-likeness (QED) is 0.746. The van der Waals surface area contributed by atoms with E-state index in [-0.39, 0.29) is 11.8 Å². The van der Waals surface area contributed by atoms with Gasteiger partial charge in [-0.2, -0.15) is 0 Å². The van der Waals surface area contributed by atoms with Crippen molar-refractivity contribution < 1.29 is 4.79 Å². The van der Waals surface area contributed by atoms with Gasteiger partial charge in [-0.1, -0.05) is 49.4 Å². The van der Waals surface area contributed by atoms with Crippen molar-refractivity contribution in [2.24, 2.45) is 5.92 Å². The smallest absolute Gasteiger partial charge is 0.229 e. The number of rotatable bonds is 3. The van der Waals surface area contributed by atoms with Gasteiger partial charge in [0.2, 0.25) is 5.91 Å². The van der Waals surface area contributed by atoms with Crippen molar-refractivity contribution in [1.82, 2.24) is 5.32 Å². The molecule has 1 aliphatic heterocycles. The second-order valence-corrected chi connectivity index (χ2v) is 3.82. The monoisotopic (exact) mass is 201 g/mol. The molecule has 1 amide bonds. The number of nitrogens with one attached hydrogen (secondary N) is 1. The summed E-state index contributed by atoms with van der Waals surface area (Å²) in [5, 5.41) is 2.89. The molecule has 2 atom stereocenters. The van der Waals surface area contributed by atoms with Crippen LogP contribution < -0.4 is 5.32 Å². The first kappa shape index (κ1) is 9.97. The number of carbonyl (C=O) groups is 1. The minimum Gasteiger partial charge on any atom is -0.352 e. The zero-order chi connectivity index (χ0) is 10.7. The van der Waals surface area contributed by atoms with Crippen LogP contribution in [0.1, 0.15) is 18.9 Å². The van der Waals surface area contributed by atoms with Crippen LogP contribution in [0.25, 0.3) is 6.08 Å². The Kier molecular flexibility index (Phi) is 2.86. The van der Waals surface area contributed by atoms with Gasteiger partial charge in [0.25, 0.3) is 0 Å². The van der Waals surface area contributed by atoms with Crippen molar-refractivity contribution in [1.29, 1.82) is 0 Å². The second kappa shape index (κ2) is 4.30. The number of hydrogen-bond donors (Lipinski definition) is 1. The van der Waals surface area contributed by atoms with Gasteiger partial charge in [0.1, 0.15) is 0 Å². The van der Waals surface area contributed by atoms with Crippen molar-refractivity contribution in [3.63, 3.8) is 0 Å². The topological polar surface area (TPSA) is 29.1 Å². The predicted molar refractivity (Wildman–Crippen MR) is 61.2 cm³/mol. The third-order valence-corrected chi connectivity index (χ3v) is 2.80. The van der Waals surface area contributed by atoms with E-state index in [1.165, 1.54) is 0 Å². The summed E-state index contributed by atoms with van der Waals surface area (Å²) < 4.78 is 0. The zero-order valence-electron chi connectivity index (χ0n) is 8.81. The van der Waals surface area contributed by atoms with Gasteiger partial charge in [-0.15, -0.1) is 0 Å². The lowest BCUT2D eigenvalue weighted by Gasteiger charge is -2.34. The Labute approximate surface area is 90.0 Å². The highest BCUT2D eigenvalue weighted by Crippen LogP contribution is 2.20. The van der Waals surface area contributed by atoms with Crippen molar-refractivity contribution in [3.8, 4) is 0 Å². The van der Waals surface area contributed by atoms with Gasteiger partial charge in [0, 0.05) is 6.04 Å². The summed E-state index contributed by atoms with van der Waals surface area (Å²) in [5.74, 6) is 0.212. The van der Waals surface area contributed by atoms with Crippen molar-refractivity contribution in [3.05, 3.63) is 42.0 Å². The summed E-state index contributed by atoms with van der Waals surface area (Å²) in [6.45, 7) is 2.09. The average Bonchev–Trinajstić information content (AvgIpc) is 2.27. The maximum absolute atomic E-state index is 11.3. The molecule has 1 aromatic rings. The fourth-order valence-electron chi connectivity index (χ4n) is 1.81. The normalized spacial score (nSPS) is 25.0. The second-order valence-electron chi connectivity index (χ2n) is 3.82. The number of benzene rings is 1. The molecule has 0 saturated carbocycles. The van der Waals surface area contributed by atoms with Gasteiger partial charge in [-0.3, -0.25) is 4.79 Å². The molecular weight excluding hydrogens is 186 g/mol. The molecule has 0 aliphatic carbocycles. The standard InChI is InChI=1S/C13H15NO/c1-2-12-11(13(15)14-12)9-8-10-6-4-3-5-7-10/h3-9,11-12H,2H2,1H3,(H,14,15)/b9-8+/t11-,12-/m1/s1. The summed E-state index contributed by atoms with van der Waals surface area (Å²) in [6.07, 6.45) is 5.02. The van der Waals surface area contributed by atoms with E-state index in [9.17, 15) is 4.79 Å². The summed E-state index contributed by atoms with van der Waals surface area (Å²) in [7, 11) is 0. The summed E-state index contributed by atoms with van der Waals surface area (Å²) >= 11 is 0. The minimum absolute atomic E-state index is 0.0650. The fourth-order valence-corrected chi connectivity index (χ4v) is 1.81. The van der Waals surface area contributed by atoms with Gasteiger partial charge in [0.15, 0.2) is 0 Å². The van der Waals surface area contributed by atoms with Crippen LogP contribution in [-0.4, -0.2) is 11.9 Å². The largest absolute Gasteiger partial charge is 0.352 e. The molecule has 2 rings (SSSR count). The summed E-state index contributed by atoms with van der Waals surface area (Å²) in [6, 6.07) is 10.4. The molecule has 0 bridgehead atoms. The maximum atomic E-state index is 11.3. The highest BCUT2D eigenvalue weighted by atomic mass is 16.2. The van der Waals surface area contributed by atoms with E-state index in [1.807, 2.05) is 42.5 Å². The maximum Gasteiger partial charge on any atom is 0.229 e. The first-order chi connectivity index (χ1) is 7.31. The van der Waals surface area contributed by atoms with E-state index in [0.29, 0.717) is 6.04 Å². The molecule has 0 aromatic heterocycles. The van der Waals surface area contributed by atoms with E-state index < -0.39 is 0 Å². The molecule has 1 N–H and O–H groups in total. The fraction of sp³-hybridized carbons (Fsp3) is 0.308. The molecule has 1 heterocycles. The van der Waals surface area contributed by atoms with Crippen LogP contribution in [0, 0.1) is 5.92 Å². The SMILES string of the molecule is CC[C@H]1NC(=O)[C@@H]1/C=C/c1ccccc1. The molecule has 1 aromatic carbocycles. The molecule has 1 aliphatic rings. The van der Waals surface area contributed by atoms with E-state index >= 15 is 0 Å². The third-order valence-electron chi connectivity index (χ3n) is 2.80. The third kappa shape index (κ3) is 2.09. The molecule has 1 saturated heterocycles. The molecule has 0 spiro atoms. The molecular formula is C13H15NO. The van der Waals surface area contributed by atoms with Crippen molar-refractivity contribution >= 4 is 12.0 Å². The molecule has 1 fully saturated rings. The lowest BCUT2D eigenvalue weighted by molar-refractivity contribution is -0.132. The van der Waals surface area contributed by atoms with Crippen LogP contribution in [0.2, 0.25) is 0 Å². The Morgan fingerprint density at radius 1 is 1.33 bits per heavy atom. The molecule has 0 radical (unpaired) electrons. The Morgan fingerprint density at radius 3 is 2.67 bits per heavy atom. The molecule has 15 heavy (non-hydrogen) atoms. The zero-order valence-corrected chi connectivity index (χ0v) is 8.81. The Balaban J connectivity index is 2.02. The Morgan fingerprint density at radius 2 is 2.07 bits per heavy atom. The number of amides is 1. The van der Waals surface area contributed by atoms with Gasteiger partial charge < -0.3 is 5.32 Å². The van der Waals surface area contributed by atoms with Gasteiger partial charge >= 0.3 is 0 Å². The van der Waals surface area contributed by atoms with Crippen LogP contribution >= 0.6 is 0 Å². The lowest BCUT2D eigenvalue weighted by Crippen LogP contribution is -2.56. The van der Waals surface area contributed by atoms with Gasteiger partial charge in [0.05, 0.1) is 5.92 Å². The van der Waals surface area contributed by atoms with E-state index in [1.54, 1.807) is 0 Å². The van der Waals surface area contributed by atoms with Crippen LogP contribution in [0.4, 0.5) is 0 Å².